The number of carbonyl (C=O) groups excluding carboxylic acids is 2. The van der Waals surface area contributed by atoms with Crippen LogP contribution in [0, 0.1) is 5.92 Å². The number of hydrogen-bond donors (Lipinski definition) is 1. The van der Waals surface area contributed by atoms with E-state index in [9.17, 15) is 9.59 Å². The largest absolute Gasteiger partial charge is 0.355 e. The third-order valence-electron chi connectivity index (χ3n) is 3.07. The van der Waals surface area contributed by atoms with Crippen LogP contribution < -0.4 is 5.32 Å². The van der Waals surface area contributed by atoms with Gasteiger partial charge in [-0.25, -0.2) is 0 Å². The van der Waals surface area contributed by atoms with Gasteiger partial charge in [-0.1, -0.05) is 0 Å². The van der Waals surface area contributed by atoms with Gasteiger partial charge in [0, 0.05) is 32.5 Å². The van der Waals surface area contributed by atoms with Gasteiger partial charge in [0.25, 0.3) is 0 Å². The summed E-state index contributed by atoms with van der Waals surface area (Å²) in [5.74, 6) is 1.16. The van der Waals surface area contributed by atoms with Crippen LogP contribution >= 0.6 is 0 Å². The minimum atomic E-state index is 0.108. The number of carbonyl (C=O) groups is 2. The van der Waals surface area contributed by atoms with Crippen molar-refractivity contribution in [2.45, 2.75) is 25.7 Å². The first-order valence-electron chi connectivity index (χ1n) is 5.75. The molecule has 1 aliphatic heterocycles. The van der Waals surface area contributed by atoms with Crippen LogP contribution in [-0.2, 0) is 9.59 Å². The lowest BCUT2D eigenvalue weighted by molar-refractivity contribution is -0.126. The number of likely N-dealkylation sites (tertiary alicyclic amines) is 1. The van der Waals surface area contributed by atoms with Gasteiger partial charge in [0.15, 0.2) is 0 Å². The van der Waals surface area contributed by atoms with Crippen molar-refractivity contribution in [2.24, 2.45) is 5.92 Å². The quantitative estimate of drug-likeness (QED) is 0.720. The molecule has 1 heterocycles. The van der Waals surface area contributed by atoms with E-state index in [1.165, 1.54) is 12.8 Å². The molecule has 2 fully saturated rings. The molecule has 2 rings (SSSR count). The van der Waals surface area contributed by atoms with Crippen LogP contribution in [0.2, 0.25) is 0 Å². The molecule has 0 bridgehead atoms. The molecule has 84 valence electrons. The molecule has 15 heavy (non-hydrogen) atoms. The van der Waals surface area contributed by atoms with Gasteiger partial charge in [-0.15, -0.1) is 0 Å². The Balaban J connectivity index is 1.62. The molecule has 4 nitrogen and oxygen atoms in total. The van der Waals surface area contributed by atoms with Gasteiger partial charge >= 0.3 is 0 Å². The molecule has 4 heteroatoms. The predicted molar refractivity (Wildman–Crippen MR) is 56.4 cm³/mol. The van der Waals surface area contributed by atoms with E-state index in [-0.39, 0.29) is 5.91 Å². The van der Waals surface area contributed by atoms with Gasteiger partial charge in [-0.2, -0.15) is 0 Å². The lowest BCUT2D eigenvalue weighted by Gasteiger charge is -2.24. The van der Waals surface area contributed by atoms with Crippen LogP contribution in [0.15, 0.2) is 0 Å². The first-order chi connectivity index (χ1) is 7.24. The highest BCUT2D eigenvalue weighted by Crippen LogP contribution is 2.27. The number of nitrogens with zero attached hydrogens (tertiary/aromatic N) is 1. The molecule has 0 radical (unpaired) electrons. The number of amides is 1. The van der Waals surface area contributed by atoms with Crippen LogP contribution in [0.1, 0.15) is 25.7 Å². The standard InChI is InChI=1S/C11H18N2O2/c14-10-3-5-13(6-4-10)8-11(15)12-7-9-1-2-9/h9H,1-8H2,(H,12,15). The summed E-state index contributed by atoms with van der Waals surface area (Å²) in [6.07, 6.45) is 3.74. The summed E-state index contributed by atoms with van der Waals surface area (Å²) in [5.41, 5.74) is 0. The molecule has 0 unspecified atom stereocenters. The van der Waals surface area contributed by atoms with Crippen LogP contribution in [0.4, 0.5) is 0 Å². The fourth-order valence-corrected chi connectivity index (χ4v) is 1.80. The Bertz CT molecular complexity index is 251. The molecule has 1 saturated heterocycles. The van der Waals surface area contributed by atoms with Crippen LogP contribution in [0.3, 0.4) is 0 Å². The number of ketones is 1. The van der Waals surface area contributed by atoms with Crippen molar-refractivity contribution in [1.29, 1.82) is 0 Å². The smallest absolute Gasteiger partial charge is 0.234 e. The molecule has 1 N–H and O–H groups in total. The summed E-state index contributed by atoms with van der Waals surface area (Å²) in [5, 5.41) is 2.94. The first kappa shape index (κ1) is 10.6. The van der Waals surface area contributed by atoms with E-state index in [2.05, 4.69) is 10.2 Å². The maximum atomic E-state index is 11.5. The molecule has 2 aliphatic rings. The fourth-order valence-electron chi connectivity index (χ4n) is 1.80. The SMILES string of the molecule is O=C1CCN(CC(=O)NCC2CC2)CC1. The number of Topliss-reactive ketones (excluding diaryl/α,β-unsaturated/α-hetero) is 1. The van der Waals surface area contributed by atoms with E-state index in [1.807, 2.05) is 0 Å². The highest BCUT2D eigenvalue weighted by molar-refractivity contribution is 5.81. The normalized spacial score (nSPS) is 22.8. The van der Waals surface area contributed by atoms with E-state index < -0.39 is 0 Å². The number of nitrogens with one attached hydrogen (secondary N) is 1. The van der Waals surface area contributed by atoms with Crippen LogP contribution in [-0.4, -0.2) is 42.8 Å². The predicted octanol–water partition coefficient (Wildman–Crippen LogP) is 0.177. The Morgan fingerprint density at radius 3 is 2.60 bits per heavy atom. The average Bonchev–Trinajstić information content (AvgIpc) is 3.02. The van der Waals surface area contributed by atoms with Gasteiger partial charge in [0.1, 0.15) is 5.78 Å². The van der Waals surface area contributed by atoms with Crippen molar-refractivity contribution in [3.8, 4) is 0 Å². The van der Waals surface area contributed by atoms with Gasteiger partial charge in [-0.3, -0.25) is 14.5 Å². The van der Waals surface area contributed by atoms with Crippen molar-refractivity contribution < 1.29 is 9.59 Å². The minimum absolute atomic E-state index is 0.108. The lowest BCUT2D eigenvalue weighted by atomic mass is 10.1. The molecule has 0 aromatic rings. The van der Waals surface area contributed by atoms with E-state index in [0.717, 1.165) is 25.6 Å². The molecule has 0 aromatic heterocycles. The van der Waals surface area contributed by atoms with Gasteiger partial charge < -0.3 is 5.32 Å². The molecule has 0 aromatic carbocycles. The van der Waals surface area contributed by atoms with E-state index >= 15 is 0 Å². The van der Waals surface area contributed by atoms with Crippen LogP contribution in [0.25, 0.3) is 0 Å². The summed E-state index contributed by atoms with van der Waals surface area (Å²) in [7, 11) is 0. The Morgan fingerprint density at radius 1 is 1.33 bits per heavy atom. The third kappa shape index (κ3) is 3.63. The Morgan fingerprint density at radius 2 is 2.00 bits per heavy atom. The highest BCUT2D eigenvalue weighted by atomic mass is 16.2. The van der Waals surface area contributed by atoms with E-state index in [0.29, 0.717) is 25.2 Å². The number of hydrogen-bond acceptors (Lipinski definition) is 3. The van der Waals surface area contributed by atoms with Crippen molar-refractivity contribution in [1.82, 2.24) is 10.2 Å². The maximum Gasteiger partial charge on any atom is 0.234 e. The Labute approximate surface area is 90.0 Å². The van der Waals surface area contributed by atoms with Gasteiger partial charge in [0.05, 0.1) is 6.54 Å². The summed E-state index contributed by atoms with van der Waals surface area (Å²) in [6, 6.07) is 0. The second kappa shape index (κ2) is 4.75. The zero-order valence-corrected chi connectivity index (χ0v) is 9.00. The molecular weight excluding hydrogens is 192 g/mol. The minimum Gasteiger partial charge on any atom is -0.355 e. The van der Waals surface area contributed by atoms with Crippen LogP contribution in [0.5, 0.6) is 0 Å². The maximum absolute atomic E-state index is 11.5. The molecule has 0 atom stereocenters. The zero-order chi connectivity index (χ0) is 10.7. The summed E-state index contributed by atoms with van der Waals surface area (Å²) >= 11 is 0. The molecule has 1 aliphatic carbocycles. The number of rotatable bonds is 4. The summed E-state index contributed by atoms with van der Waals surface area (Å²) < 4.78 is 0. The Hall–Kier alpha value is -0.900. The van der Waals surface area contributed by atoms with Crippen molar-refractivity contribution >= 4 is 11.7 Å². The van der Waals surface area contributed by atoms with Gasteiger partial charge in [0.2, 0.25) is 5.91 Å². The average molecular weight is 210 g/mol. The van der Waals surface area contributed by atoms with Crippen molar-refractivity contribution in [2.75, 3.05) is 26.2 Å². The van der Waals surface area contributed by atoms with Gasteiger partial charge in [-0.05, 0) is 18.8 Å². The fraction of sp³-hybridized carbons (Fsp3) is 0.818. The summed E-state index contributed by atoms with van der Waals surface area (Å²) in [6.45, 7) is 2.79. The monoisotopic (exact) mass is 210 g/mol. The molecule has 1 amide bonds. The Kier molecular flexibility index (Phi) is 3.36. The molecular formula is C11H18N2O2. The van der Waals surface area contributed by atoms with Crippen molar-refractivity contribution in [3.05, 3.63) is 0 Å². The second-order valence-corrected chi connectivity index (χ2v) is 4.56. The lowest BCUT2D eigenvalue weighted by Crippen LogP contribution is -2.42. The highest BCUT2D eigenvalue weighted by Gasteiger charge is 2.23. The number of piperidine rings is 1. The second-order valence-electron chi connectivity index (χ2n) is 4.56. The summed E-state index contributed by atoms with van der Waals surface area (Å²) in [4.78, 5) is 24.5. The van der Waals surface area contributed by atoms with E-state index in [1.54, 1.807) is 0 Å². The topological polar surface area (TPSA) is 49.4 Å². The first-order valence-corrected chi connectivity index (χ1v) is 5.75. The third-order valence-corrected chi connectivity index (χ3v) is 3.07. The van der Waals surface area contributed by atoms with Crippen molar-refractivity contribution in [3.63, 3.8) is 0 Å². The molecule has 1 saturated carbocycles. The molecule has 0 spiro atoms. The van der Waals surface area contributed by atoms with E-state index in [4.69, 9.17) is 0 Å². The zero-order valence-electron chi connectivity index (χ0n) is 9.00.